The van der Waals surface area contributed by atoms with Crippen molar-refractivity contribution in [3.05, 3.63) is 59.1 Å². The molecule has 1 amide bonds. The minimum absolute atomic E-state index is 0.0248. The van der Waals surface area contributed by atoms with Crippen molar-refractivity contribution in [2.24, 2.45) is 0 Å². The molecule has 0 aliphatic rings. The monoisotopic (exact) mass is 377 g/mol. The van der Waals surface area contributed by atoms with Crippen LogP contribution < -0.4 is 14.8 Å². The number of benzene rings is 2. The summed E-state index contributed by atoms with van der Waals surface area (Å²) in [6, 6.07) is 17.1. The summed E-state index contributed by atoms with van der Waals surface area (Å²) in [4.78, 5) is 11.7. The van der Waals surface area contributed by atoms with Gasteiger partial charge in [-0.15, -0.1) is 0 Å². The summed E-state index contributed by atoms with van der Waals surface area (Å²) in [5.74, 6) is 1.43. The largest absolute Gasteiger partial charge is 0.494 e. The van der Waals surface area contributed by atoms with Gasteiger partial charge >= 0.3 is 0 Å². The molecule has 0 heterocycles. The van der Waals surface area contributed by atoms with Crippen LogP contribution in [0.15, 0.2) is 59.1 Å². The van der Waals surface area contributed by atoms with Crippen molar-refractivity contribution in [3.8, 4) is 11.5 Å². The van der Waals surface area contributed by atoms with Crippen molar-refractivity contribution >= 4 is 21.8 Å². The Morgan fingerprint density at radius 2 is 1.74 bits per heavy atom. The van der Waals surface area contributed by atoms with Gasteiger partial charge in [0.1, 0.15) is 11.5 Å². The molecule has 0 aliphatic heterocycles. The van der Waals surface area contributed by atoms with Gasteiger partial charge in [0.25, 0.3) is 5.91 Å². The highest BCUT2D eigenvalue weighted by atomic mass is 79.9. The number of nitrogens with one attached hydrogen (secondary N) is 1. The second-order valence-electron chi connectivity index (χ2n) is 4.96. The molecule has 0 saturated carbocycles. The molecule has 0 spiro atoms. The summed E-state index contributed by atoms with van der Waals surface area (Å²) in [6.45, 7) is 1.30. The molecule has 0 atom stereocenters. The molecule has 0 aliphatic carbocycles. The Labute approximate surface area is 144 Å². The molecule has 0 radical (unpaired) electrons. The van der Waals surface area contributed by atoms with E-state index in [1.807, 2.05) is 54.6 Å². The Kier molecular flexibility index (Phi) is 7.46. The molecule has 0 bridgehead atoms. The number of carbonyl (C=O) groups excluding carboxylic acids is 1. The van der Waals surface area contributed by atoms with Crippen LogP contribution in [0.1, 0.15) is 12.8 Å². The Bertz CT molecular complexity index is 604. The van der Waals surface area contributed by atoms with E-state index in [9.17, 15) is 4.79 Å². The van der Waals surface area contributed by atoms with Gasteiger partial charge in [0, 0.05) is 11.0 Å². The maximum atomic E-state index is 11.7. The Balaban J connectivity index is 1.51. The lowest BCUT2D eigenvalue weighted by atomic mass is 10.3. The van der Waals surface area contributed by atoms with Gasteiger partial charge in [0.05, 0.1) is 6.61 Å². The molecule has 1 N–H and O–H groups in total. The van der Waals surface area contributed by atoms with E-state index < -0.39 is 0 Å². The zero-order chi connectivity index (χ0) is 16.3. The van der Waals surface area contributed by atoms with Gasteiger partial charge in [-0.1, -0.05) is 40.2 Å². The molecule has 23 heavy (non-hydrogen) atoms. The van der Waals surface area contributed by atoms with Gasteiger partial charge in [0.15, 0.2) is 6.61 Å². The third kappa shape index (κ3) is 7.19. The number of hydrogen-bond acceptors (Lipinski definition) is 3. The van der Waals surface area contributed by atoms with Crippen molar-refractivity contribution in [1.82, 2.24) is 5.32 Å². The Morgan fingerprint density at radius 3 is 2.52 bits per heavy atom. The third-order valence-electron chi connectivity index (χ3n) is 3.07. The lowest BCUT2D eigenvalue weighted by Gasteiger charge is -2.08. The SMILES string of the molecule is O=C(COc1cccc(Br)c1)NCCCCOc1ccccc1. The highest BCUT2D eigenvalue weighted by molar-refractivity contribution is 9.10. The summed E-state index contributed by atoms with van der Waals surface area (Å²) in [5, 5.41) is 2.83. The average Bonchev–Trinajstić information content (AvgIpc) is 2.57. The highest BCUT2D eigenvalue weighted by Crippen LogP contribution is 2.17. The van der Waals surface area contributed by atoms with Crippen LogP contribution in [0.25, 0.3) is 0 Å². The summed E-state index contributed by atoms with van der Waals surface area (Å²) in [7, 11) is 0. The number of para-hydroxylation sites is 1. The van der Waals surface area contributed by atoms with Crippen LogP contribution in [0.2, 0.25) is 0 Å². The highest BCUT2D eigenvalue weighted by Gasteiger charge is 2.02. The van der Waals surface area contributed by atoms with Crippen LogP contribution in [0.4, 0.5) is 0 Å². The number of halogens is 1. The summed E-state index contributed by atoms with van der Waals surface area (Å²) < 4.78 is 11.9. The maximum absolute atomic E-state index is 11.7. The van der Waals surface area contributed by atoms with Crippen LogP contribution in [0.5, 0.6) is 11.5 Å². The molecule has 122 valence electrons. The van der Waals surface area contributed by atoms with Gasteiger partial charge in [-0.05, 0) is 43.2 Å². The molecule has 0 aromatic heterocycles. The first kappa shape index (κ1) is 17.3. The first-order valence-electron chi connectivity index (χ1n) is 7.57. The summed E-state index contributed by atoms with van der Waals surface area (Å²) in [5.41, 5.74) is 0. The predicted molar refractivity (Wildman–Crippen MR) is 93.8 cm³/mol. The van der Waals surface area contributed by atoms with E-state index in [4.69, 9.17) is 9.47 Å². The zero-order valence-electron chi connectivity index (χ0n) is 12.8. The lowest BCUT2D eigenvalue weighted by Crippen LogP contribution is -2.29. The smallest absolute Gasteiger partial charge is 0.257 e. The third-order valence-corrected chi connectivity index (χ3v) is 3.56. The summed E-state index contributed by atoms with van der Waals surface area (Å²) >= 11 is 3.36. The van der Waals surface area contributed by atoms with Crippen molar-refractivity contribution in [3.63, 3.8) is 0 Å². The number of ether oxygens (including phenoxy) is 2. The van der Waals surface area contributed by atoms with Gasteiger partial charge in [-0.2, -0.15) is 0 Å². The Hall–Kier alpha value is -2.01. The van der Waals surface area contributed by atoms with E-state index >= 15 is 0 Å². The first-order chi connectivity index (χ1) is 11.2. The molecule has 0 saturated heterocycles. The fourth-order valence-electron chi connectivity index (χ4n) is 1.92. The van der Waals surface area contributed by atoms with Crippen LogP contribution >= 0.6 is 15.9 Å². The van der Waals surface area contributed by atoms with Gasteiger partial charge < -0.3 is 14.8 Å². The summed E-state index contributed by atoms with van der Waals surface area (Å²) in [6.07, 6.45) is 1.76. The maximum Gasteiger partial charge on any atom is 0.257 e. The van der Waals surface area contributed by atoms with E-state index in [1.54, 1.807) is 0 Å². The topological polar surface area (TPSA) is 47.6 Å². The molecule has 5 heteroatoms. The zero-order valence-corrected chi connectivity index (χ0v) is 14.4. The fourth-order valence-corrected chi connectivity index (χ4v) is 2.30. The molecule has 2 rings (SSSR count). The number of hydrogen-bond donors (Lipinski definition) is 1. The standard InChI is InChI=1S/C18H20BrNO3/c19-15-7-6-10-17(13-15)23-14-18(21)20-11-4-5-12-22-16-8-2-1-3-9-16/h1-3,6-10,13H,4-5,11-12,14H2,(H,20,21). The molecule has 0 unspecified atom stereocenters. The molecule has 2 aromatic carbocycles. The van der Waals surface area contributed by atoms with Crippen LogP contribution in [0.3, 0.4) is 0 Å². The van der Waals surface area contributed by atoms with Gasteiger partial charge in [-0.3, -0.25) is 4.79 Å². The molecule has 0 fully saturated rings. The molecule has 4 nitrogen and oxygen atoms in total. The first-order valence-corrected chi connectivity index (χ1v) is 8.36. The van der Waals surface area contributed by atoms with Crippen molar-refractivity contribution in [1.29, 1.82) is 0 Å². The minimum atomic E-state index is -0.117. The molecular weight excluding hydrogens is 358 g/mol. The van der Waals surface area contributed by atoms with Gasteiger partial charge in [0.2, 0.25) is 0 Å². The van der Waals surface area contributed by atoms with Crippen LogP contribution in [-0.2, 0) is 4.79 Å². The Morgan fingerprint density at radius 1 is 0.957 bits per heavy atom. The molecular formula is C18H20BrNO3. The second-order valence-corrected chi connectivity index (χ2v) is 5.88. The minimum Gasteiger partial charge on any atom is -0.494 e. The van der Waals surface area contributed by atoms with Crippen molar-refractivity contribution in [2.75, 3.05) is 19.8 Å². The lowest BCUT2D eigenvalue weighted by molar-refractivity contribution is -0.123. The second kappa shape index (κ2) is 9.90. The van der Waals surface area contributed by atoms with Crippen LogP contribution in [-0.4, -0.2) is 25.7 Å². The van der Waals surface area contributed by atoms with E-state index in [0.29, 0.717) is 18.9 Å². The normalized spacial score (nSPS) is 10.1. The van der Waals surface area contributed by atoms with Crippen LogP contribution in [0, 0.1) is 0 Å². The fraction of sp³-hybridized carbons (Fsp3) is 0.278. The van der Waals surface area contributed by atoms with Crippen molar-refractivity contribution < 1.29 is 14.3 Å². The van der Waals surface area contributed by atoms with E-state index in [0.717, 1.165) is 23.1 Å². The number of carbonyl (C=O) groups is 1. The molecule has 2 aromatic rings. The number of rotatable bonds is 9. The number of amides is 1. The quantitative estimate of drug-likeness (QED) is 0.676. The van der Waals surface area contributed by atoms with E-state index in [-0.39, 0.29) is 12.5 Å². The van der Waals surface area contributed by atoms with E-state index in [2.05, 4.69) is 21.2 Å². The predicted octanol–water partition coefficient (Wildman–Crippen LogP) is 3.80. The number of unbranched alkanes of at least 4 members (excludes halogenated alkanes) is 1. The van der Waals surface area contributed by atoms with Crippen molar-refractivity contribution in [2.45, 2.75) is 12.8 Å². The average molecular weight is 378 g/mol. The van der Waals surface area contributed by atoms with E-state index in [1.165, 1.54) is 0 Å². The van der Waals surface area contributed by atoms with Gasteiger partial charge in [-0.25, -0.2) is 0 Å².